The number of aromatic nitrogens is 1. The van der Waals surface area contributed by atoms with Gasteiger partial charge in [0.1, 0.15) is 18.2 Å². The maximum Gasteiger partial charge on any atom is 0.412 e. The number of nitrogens with one attached hydrogen (secondary N) is 2. The number of urea groups is 1. The molecule has 13 heteroatoms. The summed E-state index contributed by atoms with van der Waals surface area (Å²) in [7, 11) is -1.39. The summed E-state index contributed by atoms with van der Waals surface area (Å²) in [4.78, 5) is 33.3. The maximum atomic E-state index is 13.8. The lowest BCUT2D eigenvalue weighted by molar-refractivity contribution is 0.111. The zero-order valence-corrected chi connectivity index (χ0v) is 24.3. The van der Waals surface area contributed by atoms with Crippen LogP contribution in [0.5, 0.6) is 0 Å². The predicted octanol–water partition coefficient (Wildman–Crippen LogP) is 4.30. The van der Waals surface area contributed by atoms with E-state index in [9.17, 15) is 22.4 Å². The molecule has 1 atom stereocenters. The van der Waals surface area contributed by atoms with Crippen molar-refractivity contribution in [3.8, 4) is 0 Å². The monoisotopic (exact) mass is 605 g/mol. The number of benzene rings is 2. The van der Waals surface area contributed by atoms with Crippen LogP contribution in [-0.4, -0.2) is 86.2 Å². The van der Waals surface area contributed by atoms with E-state index in [0.29, 0.717) is 43.9 Å². The summed E-state index contributed by atoms with van der Waals surface area (Å²) in [5.41, 5.74) is 0.434. The number of pyridine rings is 1. The molecule has 2 aromatic carbocycles. The molecule has 220 valence electrons. The Kier molecular flexibility index (Phi) is 10.4. The van der Waals surface area contributed by atoms with Crippen LogP contribution in [0.1, 0.15) is 18.4 Å². The van der Waals surface area contributed by atoms with Gasteiger partial charge < -0.3 is 19.9 Å². The van der Waals surface area contributed by atoms with Crippen LogP contribution in [0.3, 0.4) is 0 Å². The van der Waals surface area contributed by atoms with Gasteiger partial charge in [0.25, 0.3) is 0 Å². The Morgan fingerprint density at radius 3 is 2.63 bits per heavy atom. The maximum absolute atomic E-state index is 13.8. The van der Waals surface area contributed by atoms with Crippen molar-refractivity contribution in [1.29, 1.82) is 0 Å². The second-order valence-corrected chi connectivity index (χ2v) is 12.6. The minimum Gasteiger partial charge on any atom is -0.447 e. The highest BCUT2D eigenvalue weighted by Gasteiger charge is 2.24. The number of anilines is 1. The number of ether oxygens (including phenoxy) is 1. The Bertz CT molecular complexity index is 1480. The van der Waals surface area contributed by atoms with Gasteiger partial charge in [-0.15, -0.1) is 0 Å². The molecule has 1 fully saturated rings. The lowest BCUT2D eigenvalue weighted by Gasteiger charge is -2.30. The van der Waals surface area contributed by atoms with Crippen molar-refractivity contribution < 1.29 is 27.1 Å². The summed E-state index contributed by atoms with van der Waals surface area (Å²) in [5, 5.41) is 7.15. The highest BCUT2D eigenvalue weighted by Crippen LogP contribution is 2.20. The summed E-state index contributed by atoms with van der Waals surface area (Å²) in [6.45, 7) is 1.51. The van der Waals surface area contributed by atoms with Gasteiger partial charge >= 0.3 is 12.1 Å². The van der Waals surface area contributed by atoms with Crippen LogP contribution in [0.25, 0.3) is 10.8 Å². The SMILES string of the molecule is CN(C(=O)NCc1cccc(F)c1Cl)[C@@H](CCCN1CCS(=O)(=O)CC1)COC(=O)Nc1cc2ccccc2cn1. The third-order valence-corrected chi connectivity index (χ3v) is 9.08. The van der Waals surface area contributed by atoms with E-state index in [1.54, 1.807) is 25.4 Å². The highest BCUT2D eigenvalue weighted by molar-refractivity contribution is 7.91. The largest absolute Gasteiger partial charge is 0.447 e. The average Bonchev–Trinajstić information content (AvgIpc) is 2.95. The molecule has 2 heterocycles. The van der Waals surface area contributed by atoms with Crippen molar-refractivity contribution >= 4 is 50.2 Å². The number of rotatable bonds is 10. The molecule has 3 aromatic rings. The van der Waals surface area contributed by atoms with E-state index in [1.165, 1.54) is 17.0 Å². The normalized spacial score (nSPS) is 15.7. The molecule has 4 rings (SSSR count). The molecule has 1 aliphatic heterocycles. The number of amides is 3. The fraction of sp³-hybridized carbons (Fsp3) is 0.393. The van der Waals surface area contributed by atoms with Crippen molar-refractivity contribution in [2.24, 2.45) is 0 Å². The molecule has 2 N–H and O–H groups in total. The fourth-order valence-electron chi connectivity index (χ4n) is 4.52. The summed E-state index contributed by atoms with van der Waals surface area (Å²) in [6, 6.07) is 12.8. The summed E-state index contributed by atoms with van der Waals surface area (Å²) >= 11 is 6.01. The highest BCUT2D eigenvalue weighted by atomic mass is 35.5. The van der Waals surface area contributed by atoms with Crippen molar-refractivity contribution in [1.82, 2.24) is 20.1 Å². The predicted molar refractivity (Wildman–Crippen MR) is 156 cm³/mol. The van der Waals surface area contributed by atoms with Gasteiger partial charge in [-0.25, -0.2) is 27.4 Å². The smallest absolute Gasteiger partial charge is 0.412 e. The molecule has 0 saturated carbocycles. The summed E-state index contributed by atoms with van der Waals surface area (Å²) < 4.78 is 42.7. The van der Waals surface area contributed by atoms with Crippen LogP contribution in [0.15, 0.2) is 54.7 Å². The van der Waals surface area contributed by atoms with Crippen LogP contribution < -0.4 is 10.6 Å². The molecule has 1 aliphatic rings. The van der Waals surface area contributed by atoms with Crippen LogP contribution in [0, 0.1) is 5.82 Å². The van der Waals surface area contributed by atoms with Gasteiger partial charge in [0.15, 0.2) is 9.84 Å². The number of hydrogen-bond acceptors (Lipinski definition) is 7. The Hall–Kier alpha value is -3.48. The number of fused-ring (bicyclic) bond motifs is 1. The van der Waals surface area contributed by atoms with Crippen LogP contribution in [0.4, 0.5) is 19.8 Å². The van der Waals surface area contributed by atoms with Crippen molar-refractivity contribution in [2.45, 2.75) is 25.4 Å². The van der Waals surface area contributed by atoms with E-state index < -0.39 is 33.8 Å². The van der Waals surface area contributed by atoms with Gasteiger partial charge in [-0.1, -0.05) is 48.0 Å². The molecule has 41 heavy (non-hydrogen) atoms. The van der Waals surface area contributed by atoms with E-state index in [1.807, 2.05) is 24.3 Å². The van der Waals surface area contributed by atoms with E-state index in [4.69, 9.17) is 16.3 Å². The first-order valence-electron chi connectivity index (χ1n) is 13.3. The van der Waals surface area contributed by atoms with Gasteiger partial charge in [-0.2, -0.15) is 0 Å². The first-order valence-corrected chi connectivity index (χ1v) is 15.5. The number of carbonyl (C=O) groups is 2. The minimum atomic E-state index is -2.98. The number of halogens is 2. The first-order chi connectivity index (χ1) is 19.6. The zero-order valence-electron chi connectivity index (χ0n) is 22.7. The Balaban J connectivity index is 1.35. The van der Waals surface area contributed by atoms with Crippen LogP contribution in [0.2, 0.25) is 5.02 Å². The van der Waals surface area contributed by atoms with E-state index in [-0.39, 0.29) is 29.7 Å². The van der Waals surface area contributed by atoms with Crippen molar-refractivity contribution in [2.75, 3.05) is 50.1 Å². The number of carbonyl (C=O) groups excluding carboxylic acids is 2. The molecular weight excluding hydrogens is 573 g/mol. The number of hydrogen-bond donors (Lipinski definition) is 2. The third-order valence-electron chi connectivity index (χ3n) is 7.05. The van der Waals surface area contributed by atoms with E-state index in [2.05, 4.69) is 20.5 Å². The second-order valence-electron chi connectivity index (χ2n) is 9.91. The molecule has 3 amide bonds. The standard InChI is InChI=1S/C28H33ClFN5O5S/c1-34(27(36)32-18-22-8-4-10-24(30)26(22)29)23(9-5-11-35-12-14-41(38,39)15-13-35)19-40-28(37)33-25-16-20-6-2-3-7-21(20)17-31-25/h2-4,6-8,10,16-17,23H,5,9,11-15,18-19H2,1H3,(H,32,36)(H,31,33,37)/t23-/m0/s1. The lowest BCUT2D eigenvalue weighted by Crippen LogP contribution is -2.46. The Morgan fingerprint density at radius 2 is 1.88 bits per heavy atom. The average molecular weight is 606 g/mol. The first kappa shape index (κ1) is 30.5. The topological polar surface area (TPSA) is 121 Å². The molecular formula is C28H33ClFN5O5S. The second kappa shape index (κ2) is 13.9. The quantitative estimate of drug-likeness (QED) is 0.353. The summed E-state index contributed by atoms with van der Waals surface area (Å²) in [5.74, 6) is 0.0276. The molecule has 0 bridgehead atoms. The van der Waals surface area contributed by atoms with Gasteiger partial charge in [0.05, 0.1) is 22.6 Å². The van der Waals surface area contributed by atoms with Crippen LogP contribution in [-0.2, 0) is 21.1 Å². The molecule has 1 aromatic heterocycles. The van der Waals surface area contributed by atoms with Crippen molar-refractivity contribution in [3.63, 3.8) is 0 Å². The Morgan fingerprint density at radius 1 is 1.15 bits per heavy atom. The van der Waals surface area contributed by atoms with Gasteiger partial charge in [-0.05, 0) is 42.5 Å². The Labute approximate surface area is 243 Å². The molecule has 0 spiro atoms. The van der Waals surface area contributed by atoms with E-state index >= 15 is 0 Å². The van der Waals surface area contributed by atoms with Gasteiger partial charge in [0.2, 0.25) is 0 Å². The third kappa shape index (κ3) is 8.75. The van der Waals surface area contributed by atoms with Gasteiger partial charge in [-0.3, -0.25) is 5.32 Å². The van der Waals surface area contributed by atoms with Crippen molar-refractivity contribution in [3.05, 3.63) is 71.1 Å². The minimum absolute atomic E-state index is 0.0176. The lowest BCUT2D eigenvalue weighted by atomic mass is 10.1. The molecule has 10 nitrogen and oxygen atoms in total. The number of sulfone groups is 1. The number of likely N-dealkylation sites (N-methyl/N-ethyl adjacent to an activating group) is 1. The van der Waals surface area contributed by atoms with E-state index in [0.717, 1.165) is 10.8 Å². The molecule has 0 unspecified atom stereocenters. The molecule has 0 radical (unpaired) electrons. The molecule has 0 aliphatic carbocycles. The molecule has 1 saturated heterocycles. The van der Waals surface area contributed by atoms with Crippen LogP contribution >= 0.6 is 11.6 Å². The van der Waals surface area contributed by atoms with Gasteiger partial charge in [0, 0.05) is 38.3 Å². The fourth-order valence-corrected chi connectivity index (χ4v) is 5.99. The number of nitrogens with zero attached hydrogens (tertiary/aromatic N) is 3. The zero-order chi connectivity index (χ0) is 29.4. The summed E-state index contributed by atoms with van der Waals surface area (Å²) in [6.07, 6.45) is 2.09.